The fourth-order valence-electron chi connectivity index (χ4n) is 2.54. The summed E-state index contributed by atoms with van der Waals surface area (Å²) < 4.78 is 15.4. The SMILES string of the molecule is COc1cc([N+](=O)[O-])ccc1NC(=O)COC(=O)c1ccc(-c2ccccc2Cl)o1. The Labute approximate surface area is 175 Å². The summed E-state index contributed by atoms with van der Waals surface area (Å²) in [5, 5.41) is 13.7. The van der Waals surface area contributed by atoms with Gasteiger partial charge in [-0.25, -0.2) is 4.79 Å². The Hall–Kier alpha value is -3.85. The number of furan rings is 1. The summed E-state index contributed by atoms with van der Waals surface area (Å²) in [5.74, 6) is -1.11. The van der Waals surface area contributed by atoms with Crippen molar-refractivity contribution in [2.45, 2.75) is 0 Å². The van der Waals surface area contributed by atoms with Crippen LogP contribution in [0.5, 0.6) is 5.75 Å². The second-order valence-corrected chi connectivity index (χ2v) is 6.32. The molecular formula is C20H15ClN2O7. The number of benzene rings is 2. The Morgan fingerprint density at radius 3 is 2.63 bits per heavy atom. The van der Waals surface area contributed by atoms with Crippen LogP contribution in [0.3, 0.4) is 0 Å². The molecule has 0 unspecified atom stereocenters. The van der Waals surface area contributed by atoms with Crippen molar-refractivity contribution in [1.29, 1.82) is 0 Å². The fourth-order valence-corrected chi connectivity index (χ4v) is 2.77. The van der Waals surface area contributed by atoms with Crippen LogP contribution in [-0.2, 0) is 9.53 Å². The number of hydrogen-bond donors (Lipinski definition) is 1. The number of nitro groups is 1. The molecule has 0 bridgehead atoms. The van der Waals surface area contributed by atoms with Crippen LogP contribution < -0.4 is 10.1 Å². The number of hydrogen-bond acceptors (Lipinski definition) is 7. The fraction of sp³-hybridized carbons (Fsp3) is 0.100. The first-order valence-corrected chi connectivity index (χ1v) is 8.91. The van der Waals surface area contributed by atoms with Crippen LogP contribution in [0.4, 0.5) is 11.4 Å². The van der Waals surface area contributed by atoms with Gasteiger partial charge < -0.3 is 19.2 Å². The van der Waals surface area contributed by atoms with Gasteiger partial charge in [-0.3, -0.25) is 14.9 Å². The minimum absolute atomic E-state index is 0.0920. The van der Waals surface area contributed by atoms with E-state index in [0.717, 1.165) is 0 Å². The first kappa shape index (κ1) is 20.9. The highest BCUT2D eigenvalue weighted by Crippen LogP contribution is 2.30. The van der Waals surface area contributed by atoms with Crippen LogP contribution in [0, 0.1) is 10.1 Å². The third-order valence-corrected chi connectivity index (χ3v) is 4.28. The van der Waals surface area contributed by atoms with Crippen LogP contribution in [0.1, 0.15) is 10.6 Å². The number of methoxy groups -OCH3 is 1. The summed E-state index contributed by atoms with van der Waals surface area (Å²) in [6.07, 6.45) is 0. The van der Waals surface area contributed by atoms with E-state index in [9.17, 15) is 19.7 Å². The molecule has 0 aliphatic rings. The van der Waals surface area contributed by atoms with Gasteiger partial charge in [-0.15, -0.1) is 0 Å². The van der Waals surface area contributed by atoms with Crippen molar-refractivity contribution in [3.63, 3.8) is 0 Å². The summed E-state index contributed by atoms with van der Waals surface area (Å²) in [6, 6.07) is 13.7. The number of non-ortho nitro benzene ring substituents is 1. The molecule has 0 spiro atoms. The molecule has 3 rings (SSSR count). The highest BCUT2D eigenvalue weighted by molar-refractivity contribution is 6.33. The smallest absolute Gasteiger partial charge is 0.374 e. The maximum absolute atomic E-state index is 12.1. The van der Waals surface area contributed by atoms with Crippen molar-refractivity contribution >= 4 is 34.9 Å². The summed E-state index contributed by atoms with van der Waals surface area (Å²) in [6.45, 7) is -0.596. The maximum atomic E-state index is 12.1. The van der Waals surface area contributed by atoms with E-state index in [-0.39, 0.29) is 22.9 Å². The average Bonchev–Trinajstić information content (AvgIpc) is 3.22. The van der Waals surface area contributed by atoms with E-state index in [1.807, 2.05) is 0 Å². The lowest BCUT2D eigenvalue weighted by Crippen LogP contribution is -2.21. The predicted octanol–water partition coefficient (Wildman–Crippen LogP) is 4.31. The van der Waals surface area contributed by atoms with Gasteiger partial charge in [0.25, 0.3) is 11.6 Å². The van der Waals surface area contributed by atoms with Crippen LogP contribution in [0.15, 0.2) is 59.0 Å². The molecule has 154 valence electrons. The van der Waals surface area contributed by atoms with E-state index in [4.69, 9.17) is 25.5 Å². The number of rotatable bonds is 7. The first-order valence-electron chi connectivity index (χ1n) is 8.53. The maximum Gasteiger partial charge on any atom is 0.374 e. The normalized spacial score (nSPS) is 10.3. The van der Waals surface area contributed by atoms with Gasteiger partial charge >= 0.3 is 5.97 Å². The van der Waals surface area contributed by atoms with Crippen LogP contribution in [0.2, 0.25) is 5.02 Å². The van der Waals surface area contributed by atoms with Gasteiger partial charge in [0.2, 0.25) is 5.76 Å². The minimum atomic E-state index is -0.834. The number of esters is 1. The second-order valence-electron chi connectivity index (χ2n) is 5.91. The first-order chi connectivity index (χ1) is 14.4. The summed E-state index contributed by atoms with van der Waals surface area (Å²) in [4.78, 5) is 34.5. The van der Waals surface area contributed by atoms with Gasteiger partial charge in [-0.2, -0.15) is 0 Å². The zero-order valence-corrected chi connectivity index (χ0v) is 16.3. The van der Waals surface area contributed by atoms with Gasteiger partial charge in [0.1, 0.15) is 11.5 Å². The number of anilines is 1. The Balaban J connectivity index is 1.61. The Morgan fingerprint density at radius 2 is 1.93 bits per heavy atom. The van der Waals surface area contributed by atoms with E-state index >= 15 is 0 Å². The van der Waals surface area contributed by atoms with Gasteiger partial charge in [0.05, 0.1) is 28.8 Å². The molecule has 1 N–H and O–H groups in total. The molecule has 9 nitrogen and oxygen atoms in total. The van der Waals surface area contributed by atoms with Gasteiger partial charge in [-0.05, 0) is 30.3 Å². The van der Waals surface area contributed by atoms with Gasteiger partial charge in [0, 0.05) is 11.6 Å². The van der Waals surface area contributed by atoms with Gasteiger partial charge in [0.15, 0.2) is 6.61 Å². The highest BCUT2D eigenvalue weighted by atomic mass is 35.5. The number of halogens is 1. The van der Waals surface area contributed by atoms with Crippen molar-refractivity contribution in [3.05, 3.63) is 75.5 Å². The molecular weight excluding hydrogens is 416 g/mol. The average molecular weight is 431 g/mol. The number of nitrogens with zero attached hydrogens (tertiary/aromatic N) is 1. The lowest BCUT2D eigenvalue weighted by molar-refractivity contribution is -0.384. The quantitative estimate of drug-likeness (QED) is 0.336. The number of carbonyl (C=O) groups excluding carboxylic acids is 2. The van der Waals surface area contributed by atoms with Crippen molar-refractivity contribution in [2.24, 2.45) is 0 Å². The molecule has 0 atom stereocenters. The van der Waals surface area contributed by atoms with Gasteiger partial charge in [-0.1, -0.05) is 23.7 Å². The van der Waals surface area contributed by atoms with Crippen LogP contribution in [0.25, 0.3) is 11.3 Å². The second kappa shape index (κ2) is 9.10. The zero-order valence-electron chi connectivity index (χ0n) is 15.6. The summed E-state index contributed by atoms with van der Waals surface area (Å²) in [7, 11) is 1.31. The molecule has 0 aliphatic carbocycles. The monoisotopic (exact) mass is 430 g/mol. The van der Waals surface area contributed by atoms with E-state index < -0.39 is 23.4 Å². The molecule has 3 aromatic rings. The number of nitro benzene ring substituents is 1. The predicted molar refractivity (Wildman–Crippen MR) is 108 cm³/mol. The number of amides is 1. The van der Waals surface area contributed by atoms with E-state index in [2.05, 4.69) is 5.32 Å². The number of nitrogens with one attached hydrogen (secondary N) is 1. The molecule has 1 amide bonds. The summed E-state index contributed by atoms with van der Waals surface area (Å²) >= 11 is 6.10. The molecule has 0 radical (unpaired) electrons. The topological polar surface area (TPSA) is 121 Å². The summed E-state index contributed by atoms with van der Waals surface area (Å²) in [5.41, 5.74) is 0.618. The van der Waals surface area contributed by atoms with E-state index in [0.29, 0.717) is 16.3 Å². The molecule has 0 aliphatic heterocycles. The largest absolute Gasteiger partial charge is 0.494 e. The lowest BCUT2D eigenvalue weighted by atomic mass is 10.2. The zero-order chi connectivity index (χ0) is 21.7. The molecule has 0 saturated carbocycles. The number of ether oxygens (including phenoxy) is 2. The van der Waals surface area contributed by atoms with E-state index in [1.165, 1.54) is 31.4 Å². The Morgan fingerprint density at radius 1 is 1.17 bits per heavy atom. The van der Waals surface area contributed by atoms with Crippen molar-refractivity contribution in [2.75, 3.05) is 19.0 Å². The molecule has 30 heavy (non-hydrogen) atoms. The standard InChI is InChI=1S/C20H15ClN2O7/c1-28-18-10-12(23(26)27)6-7-15(18)22-19(24)11-29-20(25)17-9-8-16(30-17)13-4-2-3-5-14(13)21/h2-10H,11H2,1H3,(H,22,24). The highest BCUT2D eigenvalue weighted by Gasteiger charge is 2.18. The molecule has 1 heterocycles. The van der Waals surface area contributed by atoms with Crippen molar-refractivity contribution < 1.29 is 28.4 Å². The Bertz CT molecular complexity index is 1110. The third-order valence-electron chi connectivity index (χ3n) is 3.95. The molecule has 1 aromatic heterocycles. The van der Waals surface area contributed by atoms with E-state index in [1.54, 1.807) is 30.3 Å². The van der Waals surface area contributed by atoms with Crippen LogP contribution >= 0.6 is 11.6 Å². The van der Waals surface area contributed by atoms with Crippen molar-refractivity contribution in [3.8, 4) is 17.1 Å². The molecule has 0 saturated heterocycles. The van der Waals surface area contributed by atoms with Crippen molar-refractivity contribution in [1.82, 2.24) is 0 Å². The third kappa shape index (κ3) is 4.76. The molecule has 0 fully saturated rings. The van der Waals surface area contributed by atoms with Crippen LogP contribution in [-0.4, -0.2) is 30.5 Å². The molecule has 10 heteroatoms. The minimum Gasteiger partial charge on any atom is -0.494 e. The lowest BCUT2D eigenvalue weighted by Gasteiger charge is -2.10. The Kier molecular flexibility index (Phi) is 6.33. The number of carbonyl (C=O) groups is 2. The molecule has 2 aromatic carbocycles.